The minimum atomic E-state index is 0.762. The van der Waals surface area contributed by atoms with Crippen molar-refractivity contribution in [2.24, 2.45) is 17.8 Å². The second kappa shape index (κ2) is 9.16. The SMILES string of the molecule is CCC(=S)CC(=S)CCC(C)C(C)C(C)CC. The highest BCUT2D eigenvalue weighted by Crippen LogP contribution is 2.26. The van der Waals surface area contributed by atoms with Gasteiger partial charge < -0.3 is 0 Å². The molecule has 3 atom stereocenters. The minimum Gasteiger partial charge on any atom is -0.0893 e. The molecule has 3 unspecified atom stereocenters. The van der Waals surface area contributed by atoms with Crippen molar-refractivity contribution in [1.29, 1.82) is 0 Å². The summed E-state index contributed by atoms with van der Waals surface area (Å²) in [6, 6.07) is 0. The van der Waals surface area contributed by atoms with Crippen molar-refractivity contribution in [2.75, 3.05) is 0 Å². The maximum absolute atomic E-state index is 5.41. The maximum atomic E-state index is 5.41. The molecule has 0 spiro atoms. The van der Waals surface area contributed by atoms with Gasteiger partial charge in [-0.2, -0.15) is 0 Å². The molecule has 0 aliphatic heterocycles. The van der Waals surface area contributed by atoms with Crippen LogP contribution in [0.1, 0.15) is 66.7 Å². The fourth-order valence-corrected chi connectivity index (χ4v) is 2.58. The summed E-state index contributed by atoms with van der Waals surface area (Å²) in [6.07, 6.45) is 5.42. The van der Waals surface area contributed by atoms with Gasteiger partial charge in [0.15, 0.2) is 0 Å². The van der Waals surface area contributed by atoms with E-state index in [1.807, 2.05) is 0 Å². The van der Waals surface area contributed by atoms with Gasteiger partial charge in [-0.25, -0.2) is 0 Å². The third-order valence-electron chi connectivity index (χ3n) is 4.11. The monoisotopic (exact) mass is 272 g/mol. The summed E-state index contributed by atoms with van der Waals surface area (Å²) in [5, 5.41) is 0. The Morgan fingerprint density at radius 1 is 0.941 bits per heavy atom. The molecule has 0 rings (SSSR count). The number of hydrogen-bond acceptors (Lipinski definition) is 2. The summed E-state index contributed by atoms with van der Waals surface area (Å²) in [5.41, 5.74) is 0. The summed E-state index contributed by atoms with van der Waals surface area (Å²) in [7, 11) is 0. The predicted octanol–water partition coefficient (Wildman–Crippen LogP) is 5.62. The van der Waals surface area contributed by atoms with E-state index < -0.39 is 0 Å². The molecule has 0 aliphatic rings. The molecule has 0 aromatic rings. The van der Waals surface area contributed by atoms with Crippen LogP contribution >= 0.6 is 24.4 Å². The van der Waals surface area contributed by atoms with E-state index in [9.17, 15) is 0 Å². The van der Waals surface area contributed by atoms with Crippen molar-refractivity contribution >= 4 is 34.2 Å². The van der Waals surface area contributed by atoms with Crippen LogP contribution in [0.4, 0.5) is 0 Å². The van der Waals surface area contributed by atoms with Crippen LogP contribution in [0.15, 0.2) is 0 Å². The van der Waals surface area contributed by atoms with Gasteiger partial charge in [-0.1, -0.05) is 65.5 Å². The molecule has 0 aromatic carbocycles. The molecule has 0 radical (unpaired) electrons. The van der Waals surface area contributed by atoms with Crippen LogP contribution in [0, 0.1) is 17.8 Å². The van der Waals surface area contributed by atoms with E-state index >= 15 is 0 Å². The zero-order valence-electron chi connectivity index (χ0n) is 12.1. The highest BCUT2D eigenvalue weighted by molar-refractivity contribution is 7.82. The van der Waals surface area contributed by atoms with Gasteiger partial charge >= 0.3 is 0 Å². The molecule has 0 aromatic heterocycles. The van der Waals surface area contributed by atoms with Crippen LogP contribution in [0.5, 0.6) is 0 Å². The van der Waals surface area contributed by atoms with Crippen molar-refractivity contribution in [3.05, 3.63) is 0 Å². The molecule has 17 heavy (non-hydrogen) atoms. The van der Waals surface area contributed by atoms with Crippen LogP contribution in [-0.4, -0.2) is 9.73 Å². The molecular formula is C15H28S2. The van der Waals surface area contributed by atoms with Gasteiger partial charge in [-0.3, -0.25) is 0 Å². The molecule has 0 amide bonds. The predicted molar refractivity (Wildman–Crippen MR) is 87.1 cm³/mol. The topological polar surface area (TPSA) is 0 Å². The molecule has 0 nitrogen and oxygen atoms in total. The lowest BCUT2D eigenvalue weighted by molar-refractivity contribution is 0.263. The number of rotatable bonds is 9. The van der Waals surface area contributed by atoms with E-state index in [4.69, 9.17) is 24.4 Å². The molecular weight excluding hydrogens is 244 g/mol. The summed E-state index contributed by atoms with van der Waals surface area (Å²) in [5.74, 6) is 2.37. The fourth-order valence-electron chi connectivity index (χ4n) is 2.02. The first-order valence-corrected chi connectivity index (χ1v) is 7.77. The smallest absolute Gasteiger partial charge is 0.0102 e. The molecule has 0 saturated carbocycles. The Kier molecular flexibility index (Phi) is 9.25. The Balaban J connectivity index is 3.94. The first kappa shape index (κ1) is 17.2. The first-order chi connectivity index (χ1) is 7.92. The minimum absolute atomic E-state index is 0.762. The molecule has 0 heterocycles. The van der Waals surface area contributed by atoms with E-state index in [1.165, 1.54) is 12.8 Å². The Labute approximate surface area is 119 Å². The van der Waals surface area contributed by atoms with Crippen LogP contribution in [0.3, 0.4) is 0 Å². The van der Waals surface area contributed by atoms with Crippen LogP contribution in [0.25, 0.3) is 0 Å². The van der Waals surface area contributed by atoms with E-state index in [1.54, 1.807) is 0 Å². The molecule has 0 saturated heterocycles. The Morgan fingerprint density at radius 2 is 1.53 bits per heavy atom. The molecule has 100 valence electrons. The molecule has 0 aliphatic carbocycles. The van der Waals surface area contributed by atoms with E-state index in [2.05, 4.69) is 34.6 Å². The normalized spacial score (nSPS) is 16.3. The summed E-state index contributed by atoms with van der Waals surface area (Å²) >= 11 is 10.6. The van der Waals surface area contributed by atoms with Gasteiger partial charge in [0.05, 0.1) is 0 Å². The van der Waals surface area contributed by atoms with Gasteiger partial charge in [-0.05, 0) is 46.7 Å². The lowest BCUT2D eigenvalue weighted by Crippen LogP contribution is -2.17. The third kappa shape index (κ3) is 7.25. The molecule has 2 heteroatoms. The average Bonchev–Trinajstić information content (AvgIpc) is 2.33. The summed E-state index contributed by atoms with van der Waals surface area (Å²) in [6.45, 7) is 11.5. The first-order valence-electron chi connectivity index (χ1n) is 6.95. The van der Waals surface area contributed by atoms with E-state index in [0.717, 1.165) is 46.7 Å². The zero-order valence-corrected chi connectivity index (χ0v) is 13.7. The third-order valence-corrected chi connectivity index (χ3v) is 4.89. The summed E-state index contributed by atoms with van der Waals surface area (Å²) in [4.78, 5) is 2.26. The van der Waals surface area contributed by atoms with Gasteiger partial charge in [0.25, 0.3) is 0 Å². The highest BCUT2D eigenvalue weighted by atomic mass is 32.1. The van der Waals surface area contributed by atoms with Crippen molar-refractivity contribution in [3.63, 3.8) is 0 Å². The van der Waals surface area contributed by atoms with E-state index in [0.29, 0.717) is 0 Å². The van der Waals surface area contributed by atoms with Crippen LogP contribution in [-0.2, 0) is 0 Å². The second-order valence-corrected chi connectivity index (χ2v) is 6.52. The highest BCUT2D eigenvalue weighted by Gasteiger charge is 2.17. The lowest BCUT2D eigenvalue weighted by atomic mass is 9.81. The Hall–Kier alpha value is 0.180. The zero-order chi connectivity index (χ0) is 13.4. The quantitative estimate of drug-likeness (QED) is 0.499. The van der Waals surface area contributed by atoms with Gasteiger partial charge in [0.2, 0.25) is 0 Å². The van der Waals surface area contributed by atoms with Crippen molar-refractivity contribution < 1.29 is 0 Å². The largest absolute Gasteiger partial charge is 0.0893 e. The summed E-state index contributed by atoms with van der Waals surface area (Å²) < 4.78 is 0. The van der Waals surface area contributed by atoms with Crippen LogP contribution < -0.4 is 0 Å². The fraction of sp³-hybridized carbons (Fsp3) is 0.867. The Morgan fingerprint density at radius 3 is 2.00 bits per heavy atom. The van der Waals surface area contributed by atoms with Crippen LogP contribution in [0.2, 0.25) is 0 Å². The molecule has 0 bridgehead atoms. The second-order valence-electron chi connectivity index (χ2n) is 5.37. The number of hydrogen-bond donors (Lipinski definition) is 0. The van der Waals surface area contributed by atoms with E-state index in [-0.39, 0.29) is 0 Å². The van der Waals surface area contributed by atoms with Gasteiger partial charge in [0, 0.05) is 6.42 Å². The molecule has 0 N–H and O–H groups in total. The average molecular weight is 273 g/mol. The number of thiocarbonyl (C=S) groups is 2. The molecule has 0 fully saturated rings. The van der Waals surface area contributed by atoms with Crippen molar-refractivity contribution in [2.45, 2.75) is 66.7 Å². The lowest BCUT2D eigenvalue weighted by Gasteiger charge is -2.25. The van der Waals surface area contributed by atoms with Crippen molar-refractivity contribution in [3.8, 4) is 0 Å². The standard InChI is InChI=1S/C15H28S2/c1-6-11(3)13(5)12(4)8-9-15(17)10-14(16)7-2/h11-13H,6-10H2,1-5H3. The van der Waals surface area contributed by atoms with Gasteiger partial charge in [-0.15, -0.1) is 0 Å². The Bertz CT molecular complexity index is 245. The van der Waals surface area contributed by atoms with Crippen molar-refractivity contribution in [1.82, 2.24) is 0 Å². The maximum Gasteiger partial charge on any atom is 0.0102 e. The van der Waals surface area contributed by atoms with Gasteiger partial charge in [0.1, 0.15) is 0 Å².